The minimum atomic E-state index is -0.280. The molecule has 3 heteroatoms. The number of β-amino-alcohol motifs (C(OH)–C–C–N with tert-alkyl or cyclic N) is 1. The van der Waals surface area contributed by atoms with E-state index in [9.17, 15) is 5.11 Å². The molecule has 1 saturated heterocycles. The second-order valence-corrected chi connectivity index (χ2v) is 6.22. The molecule has 1 N–H and O–H groups in total. The molecule has 116 valence electrons. The largest absolute Gasteiger partial charge is 0.390 e. The fourth-order valence-corrected chi connectivity index (χ4v) is 3.24. The van der Waals surface area contributed by atoms with Gasteiger partial charge in [-0.15, -0.1) is 0 Å². The van der Waals surface area contributed by atoms with Crippen molar-refractivity contribution in [3.05, 3.63) is 71.8 Å². The Hall–Kier alpha value is -1.68. The highest BCUT2D eigenvalue weighted by Gasteiger charge is 2.33. The Morgan fingerprint density at radius 1 is 0.955 bits per heavy atom. The Morgan fingerprint density at radius 2 is 1.55 bits per heavy atom. The summed E-state index contributed by atoms with van der Waals surface area (Å²) < 4.78 is 0. The van der Waals surface area contributed by atoms with E-state index in [0.717, 1.165) is 26.2 Å². The van der Waals surface area contributed by atoms with Crippen LogP contribution in [0.5, 0.6) is 0 Å². The van der Waals surface area contributed by atoms with Gasteiger partial charge in [0.1, 0.15) is 0 Å². The van der Waals surface area contributed by atoms with Gasteiger partial charge in [0.25, 0.3) is 0 Å². The molecule has 0 spiro atoms. The zero-order chi connectivity index (χ0) is 15.4. The molecule has 2 aromatic carbocycles. The first kappa shape index (κ1) is 15.2. The van der Waals surface area contributed by atoms with Crippen LogP contribution in [-0.4, -0.2) is 47.2 Å². The maximum Gasteiger partial charge on any atom is 0.0834 e. The normalized spacial score (nSPS) is 22.3. The number of aliphatic hydroxyl groups is 1. The summed E-state index contributed by atoms with van der Waals surface area (Å²) in [5.41, 5.74) is 2.60. The average Bonchev–Trinajstić information content (AvgIpc) is 2.90. The van der Waals surface area contributed by atoms with Crippen LogP contribution in [0.2, 0.25) is 0 Å². The van der Waals surface area contributed by atoms with Crippen LogP contribution in [0.25, 0.3) is 0 Å². The molecule has 1 aliphatic rings. The fourth-order valence-electron chi connectivity index (χ4n) is 3.24. The van der Waals surface area contributed by atoms with E-state index in [2.05, 4.69) is 65.4 Å². The van der Waals surface area contributed by atoms with Gasteiger partial charge < -0.3 is 5.11 Å². The van der Waals surface area contributed by atoms with Crippen LogP contribution >= 0.6 is 0 Å². The standard InChI is InChI=1S/C19H24N2O/c1-20(12-16-8-4-2-5-9-16)18-14-21(15-19(18)22)13-17-10-6-3-7-11-17/h2-11,18-19,22H,12-15H2,1H3/t18-,19-/m0/s1. The number of aliphatic hydroxyl groups excluding tert-OH is 1. The van der Waals surface area contributed by atoms with Crippen molar-refractivity contribution in [2.75, 3.05) is 20.1 Å². The molecule has 0 radical (unpaired) electrons. The van der Waals surface area contributed by atoms with Crippen molar-refractivity contribution in [2.45, 2.75) is 25.2 Å². The third kappa shape index (κ3) is 3.74. The first-order valence-electron chi connectivity index (χ1n) is 7.91. The number of hydrogen-bond donors (Lipinski definition) is 1. The number of likely N-dealkylation sites (N-methyl/N-ethyl adjacent to an activating group) is 1. The maximum absolute atomic E-state index is 10.4. The summed E-state index contributed by atoms with van der Waals surface area (Å²) in [6.07, 6.45) is -0.280. The Kier molecular flexibility index (Phi) is 4.88. The highest BCUT2D eigenvalue weighted by molar-refractivity contribution is 5.16. The van der Waals surface area contributed by atoms with E-state index in [1.54, 1.807) is 0 Å². The van der Waals surface area contributed by atoms with Crippen molar-refractivity contribution in [1.82, 2.24) is 9.80 Å². The van der Waals surface area contributed by atoms with Gasteiger partial charge in [-0.1, -0.05) is 60.7 Å². The molecule has 3 rings (SSSR count). The molecule has 0 bridgehead atoms. The van der Waals surface area contributed by atoms with Crippen LogP contribution in [0.15, 0.2) is 60.7 Å². The molecule has 1 aliphatic heterocycles. The van der Waals surface area contributed by atoms with Crippen LogP contribution in [0, 0.1) is 0 Å². The Balaban J connectivity index is 1.58. The van der Waals surface area contributed by atoms with Gasteiger partial charge in [-0.25, -0.2) is 0 Å². The fraction of sp³-hybridized carbons (Fsp3) is 0.368. The second-order valence-electron chi connectivity index (χ2n) is 6.22. The topological polar surface area (TPSA) is 26.7 Å². The Morgan fingerprint density at radius 3 is 2.18 bits per heavy atom. The summed E-state index contributed by atoms with van der Waals surface area (Å²) in [5, 5.41) is 10.4. The van der Waals surface area contributed by atoms with Gasteiger partial charge in [0.2, 0.25) is 0 Å². The van der Waals surface area contributed by atoms with E-state index < -0.39 is 0 Å². The van der Waals surface area contributed by atoms with Crippen LogP contribution in [0.4, 0.5) is 0 Å². The first-order chi connectivity index (χ1) is 10.7. The van der Waals surface area contributed by atoms with Gasteiger partial charge in [0, 0.05) is 32.2 Å². The lowest BCUT2D eigenvalue weighted by atomic mass is 10.1. The molecular formula is C19H24N2O. The second kappa shape index (κ2) is 7.05. The van der Waals surface area contributed by atoms with Crippen LogP contribution in [0.1, 0.15) is 11.1 Å². The Labute approximate surface area is 132 Å². The summed E-state index contributed by atoms with van der Waals surface area (Å²) in [6.45, 7) is 3.45. The Bertz CT molecular complexity index is 573. The minimum Gasteiger partial charge on any atom is -0.390 e. The smallest absolute Gasteiger partial charge is 0.0834 e. The number of likely N-dealkylation sites (tertiary alicyclic amines) is 1. The van der Waals surface area contributed by atoms with Gasteiger partial charge >= 0.3 is 0 Å². The van der Waals surface area contributed by atoms with Gasteiger partial charge in [0.05, 0.1) is 6.10 Å². The van der Waals surface area contributed by atoms with Gasteiger partial charge in [0.15, 0.2) is 0 Å². The summed E-state index contributed by atoms with van der Waals surface area (Å²) in [6, 6.07) is 21.1. The third-order valence-corrected chi connectivity index (χ3v) is 4.42. The summed E-state index contributed by atoms with van der Waals surface area (Å²) in [4.78, 5) is 4.61. The highest BCUT2D eigenvalue weighted by atomic mass is 16.3. The summed E-state index contributed by atoms with van der Waals surface area (Å²) in [7, 11) is 2.10. The number of rotatable bonds is 5. The summed E-state index contributed by atoms with van der Waals surface area (Å²) >= 11 is 0. The van der Waals surface area contributed by atoms with Crippen molar-refractivity contribution in [3.8, 4) is 0 Å². The quantitative estimate of drug-likeness (QED) is 0.917. The van der Waals surface area contributed by atoms with E-state index in [0.29, 0.717) is 0 Å². The highest BCUT2D eigenvalue weighted by Crippen LogP contribution is 2.19. The van der Waals surface area contributed by atoms with Gasteiger partial charge in [-0.05, 0) is 18.2 Å². The lowest BCUT2D eigenvalue weighted by Gasteiger charge is -2.26. The van der Waals surface area contributed by atoms with Crippen LogP contribution in [0.3, 0.4) is 0 Å². The zero-order valence-corrected chi connectivity index (χ0v) is 13.1. The molecule has 0 amide bonds. The van der Waals surface area contributed by atoms with Crippen LogP contribution in [-0.2, 0) is 13.1 Å². The average molecular weight is 296 g/mol. The van der Waals surface area contributed by atoms with E-state index >= 15 is 0 Å². The molecule has 2 atom stereocenters. The molecule has 3 nitrogen and oxygen atoms in total. The van der Waals surface area contributed by atoms with E-state index in [4.69, 9.17) is 0 Å². The molecule has 1 fully saturated rings. The molecule has 0 aromatic heterocycles. The van der Waals surface area contributed by atoms with Crippen molar-refractivity contribution in [1.29, 1.82) is 0 Å². The summed E-state index contributed by atoms with van der Waals surface area (Å²) in [5.74, 6) is 0. The molecular weight excluding hydrogens is 272 g/mol. The lowest BCUT2D eigenvalue weighted by Crippen LogP contribution is -2.40. The molecule has 0 saturated carbocycles. The molecule has 1 heterocycles. The van der Waals surface area contributed by atoms with Gasteiger partial charge in [-0.3, -0.25) is 9.80 Å². The molecule has 0 unspecified atom stereocenters. The monoisotopic (exact) mass is 296 g/mol. The van der Waals surface area contributed by atoms with Gasteiger partial charge in [-0.2, -0.15) is 0 Å². The van der Waals surface area contributed by atoms with Crippen molar-refractivity contribution in [2.24, 2.45) is 0 Å². The molecule has 2 aromatic rings. The molecule has 22 heavy (non-hydrogen) atoms. The molecule has 0 aliphatic carbocycles. The van der Waals surface area contributed by atoms with Crippen molar-refractivity contribution >= 4 is 0 Å². The van der Waals surface area contributed by atoms with Crippen LogP contribution < -0.4 is 0 Å². The van der Waals surface area contributed by atoms with Crippen molar-refractivity contribution in [3.63, 3.8) is 0 Å². The SMILES string of the molecule is CN(Cc1ccccc1)[C@H]1CN(Cc2ccccc2)C[C@@H]1O. The number of nitrogens with zero attached hydrogens (tertiary/aromatic N) is 2. The predicted octanol–water partition coefficient (Wildman–Crippen LogP) is 2.36. The van der Waals surface area contributed by atoms with E-state index in [1.807, 2.05) is 12.1 Å². The van der Waals surface area contributed by atoms with E-state index in [1.165, 1.54) is 11.1 Å². The van der Waals surface area contributed by atoms with Crippen molar-refractivity contribution < 1.29 is 5.11 Å². The number of hydrogen-bond acceptors (Lipinski definition) is 3. The van der Waals surface area contributed by atoms with E-state index in [-0.39, 0.29) is 12.1 Å². The number of benzene rings is 2. The lowest BCUT2D eigenvalue weighted by molar-refractivity contribution is 0.0949. The zero-order valence-electron chi connectivity index (χ0n) is 13.1. The maximum atomic E-state index is 10.4. The third-order valence-electron chi connectivity index (χ3n) is 4.42. The predicted molar refractivity (Wildman–Crippen MR) is 89.4 cm³/mol. The minimum absolute atomic E-state index is 0.198. The first-order valence-corrected chi connectivity index (χ1v) is 7.91.